The summed E-state index contributed by atoms with van der Waals surface area (Å²) in [6.07, 6.45) is 1.70. The summed E-state index contributed by atoms with van der Waals surface area (Å²) in [5.74, 6) is -1.28. The fourth-order valence-electron chi connectivity index (χ4n) is 3.86. The van der Waals surface area contributed by atoms with Gasteiger partial charge >= 0.3 is 5.97 Å². The second-order valence-electron chi connectivity index (χ2n) is 8.89. The third-order valence-corrected chi connectivity index (χ3v) is 7.85. The quantitative estimate of drug-likeness (QED) is 0.312. The first-order valence-corrected chi connectivity index (χ1v) is 13.5. The fraction of sp³-hybridized carbons (Fsp3) is 0.259. The lowest BCUT2D eigenvalue weighted by molar-refractivity contribution is -0.119. The molecule has 1 aliphatic heterocycles. The highest BCUT2D eigenvalue weighted by molar-refractivity contribution is 7.89. The molecule has 0 atom stereocenters. The molecular formula is C27H29N5O5S. The fourth-order valence-corrected chi connectivity index (χ4v) is 5.37. The predicted octanol–water partition coefficient (Wildman–Crippen LogP) is 4.75. The first-order valence-electron chi connectivity index (χ1n) is 12.1. The monoisotopic (exact) mass is 535 g/mol. The summed E-state index contributed by atoms with van der Waals surface area (Å²) < 4.78 is 31.9. The highest BCUT2D eigenvalue weighted by atomic mass is 32.2. The van der Waals surface area contributed by atoms with Crippen LogP contribution in [0, 0.1) is 0 Å². The number of anilines is 2. The van der Waals surface area contributed by atoms with E-state index in [2.05, 4.69) is 15.5 Å². The van der Waals surface area contributed by atoms with Crippen LogP contribution in [0.4, 0.5) is 22.7 Å². The molecule has 11 heteroatoms. The first kappa shape index (κ1) is 27.0. The Balaban J connectivity index is 1.34. The maximum absolute atomic E-state index is 12.7. The summed E-state index contributed by atoms with van der Waals surface area (Å²) in [7, 11) is 0.348. The molecule has 0 aliphatic carbocycles. The van der Waals surface area contributed by atoms with E-state index in [1.54, 1.807) is 24.3 Å². The number of benzene rings is 3. The Kier molecular flexibility index (Phi) is 8.49. The maximum Gasteiger partial charge on any atom is 0.340 e. The van der Waals surface area contributed by atoms with Crippen LogP contribution in [0.2, 0.25) is 0 Å². The summed E-state index contributed by atoms with van der Waals surface area (Å²) in [5.41, 5.74) is 2.52. The van der Waals surface area contributed by atoms with Crippen LogP contribution in [0.15, 0.2) is 87.9 Å². The van der Waals surface area contributed by atoms with Crippen molar-refractivity contribution < 1.29 is 22.7 Å². The van der Waals surface area contributed by atoms with Crippen LogP contribution >= 0.6 is 0 Å². The molecule has 1 heterocycles. The Hall–Kier alpha value is -4.09. The Labute approximate surface area is 222 Å². The Morgan fingerprint density at radius 1 is 0.921 bits per heavy atom. The van der Waals surface area contributed by atoms with E-state index in [9.17, 15) is 18.0 Å². The van der Waals surface area contributed by atoms with Gasteiger partial charge in [0.1, 0.15) is 5.69 Å². The minimum Gasteiger partial charge on any atom is -0.452 e. The van der Waals surface area contributed by atoms with Crippen molar-refractivity contribution in [1.82, 2.24) is 4.31 Å². The number of esters is 1. The van der Waals surface area contributed by atoms with Gasteiger partial charge in [-0.1, -0.05) is 12.1 Å². The van der Waals surface area contributed by atoms with Gasteiger partial charge in [-0.2, -0.15) is 9.42 Å². The van der Waals surface area contributed by atoms with Crippen LogP contribution in [0.3, 0.4) is 0 Å². The van der Waals surface area contributed by atoms with Crippen LogP contribution in [0.25, 0.3) is 0 Å². The van der Waals surface area contributed by atoms with Gasteiger partial charge < -0.3 is 15.0 Å². The van der Waals surface area contributed by atoms with Gasteiger partial charge in [0.05, 0.1) is 16.1 Å². The van der Waals surface area contributed by atoms with Crippen molar-refractivity contribution in [2.75, 3.05) is 44.0 Å². The van der Waals surface area contributed by atoms with Crippen molar-refractivity contribution in [2.24, 2.45) is 10.2 Å². The molecule has 1 aliphatic rings. The van der Waals surface area contributed by atoms with Gasteiger partial charge in [-0.25, -0.2) is 13.2 Å². The number of nitrogens with zero attached hydrogens (tertiary/aromatic N) is 4. The smallest absolute Gasteiger partial charge is 0.340 e. The molecule has 1 amide bonds. The third-order valence-electron chi connectivity index (χ3n) is 5.94. The van der Waals surface area contributed by atoms with E-state index >= 15 is 0 Å². The van der Waals surface area contributed by atoms with Gasteiger partial charge in [-0.3, -0.25) is 4.79 Å². The van der Waals surface area contributed by atoms with Crippen molar-refractivity contribution in [1.29, 1.82) is 0 Å². The molecule has 0 saturated carbocycles. The molecular weight excluding hydrogens is 506 g/mol. The average molecular weight is 536 g/mol. The van der Waals surface area contributed by atoms with E-state index in [4.69, 9.17) is 4.74 Å². The summed E-state index contributed by atoms with van der Waals surface area (Å²) in [4.78, 5) is 27.1. The number of azo groups is 1. The first-order chi connectivity index (χ1) is 18.2. The number of rotatable bonds is 9. The summed E-state index contributed by atoms with van der Waals surface area (Å²) in [6, 6.07) is 19.9. The van der Waals surface area contributed by atoms with Gasteiger partial charge in [0.15, 0.2) is 6.61 Å². The normalized spacial score (nSPS) is 13.9. The molecule has 0 aromatic heterocycles. The number of carbonyl (C=O) groups excluding carboxylic acids is 2. The molecule has 10 nitrogen and oxygen atoms in total. The standard InChI is InChI=1S/C27H29N5O5S/c1-31(2)22-13-9-21(10-14-22)29-30-25-8-4-3-7-24(25)27(34)37-19-26(33)28-20-11-15-23(16-12-20)38(35,36)32-17-5-6-18-32/h3-4,7-16H,5-6,17-19H2,1-2H3,(H,28,33). The van der Waals surface area contributed by atoms with Crippen molar-refractivity contribution in [3.05, 3.63) is 78.4 Å². The number of hydrogen-bond acceptors (Lipinski definition) is 8. The van der Waals surface area contributed by atoms with E-state index in [1.165, 1.54) is 28.6 Å². The number of amides is 1. The zero-order chi connectivity index (χ0) is 27.1. The average Bonchev–Trinajstić information content (AvgIpc) is 3.47. The molecule has 0 spiro atoms. The van der Waals surface area contributed by atoms with E-state index < -0.39 is 28.5 Å². The van der Waals surface area contributed by atoms with Gasteiger partial charge in [0, 0.05) is 38.6 Å². The molecule has 0 unspecified atom stereocenters. The van der Waals surface area contributed by atoms with Crippen molar-refractivity contribution in [3.63, 3.8) is 0 Å². The highest BCUT2D eigenvalue weighted by Gasteiger charge is 2.27. The van der Waals surface area contributed by atoms with Gasteiger partial charge in [-0.05, 0) is 73.5 Å². The van der Waals surface area contributed by atoms with Crippen LogP contribution in [0.1, 0.15) is 23.2 Å². The van der Waals surface area contributed by atoms with Crippen molar-refractivity contribution in [3.8, 4) is 0 Å². The van der Waals surface area contributed by atoms with E-state index in [-0.39, 0.29) is 10.5 Å². The van der Waals surface area contributed by atoms with E-state index in [0.29, 0.717) is 30.2 Å². The number of nitrogens with one attached hydrogen (secondary N) is 1. The summed E-state index contributed by atoms with van der Waals surface area (Å²) >= 11 is 0. The molecule has 1 N–H and O–H groups in total. The largest absolute Gasteiger partial charge is 0.452 e. The predicted molar refractivity (Wildman–Crippen MR) is 145 cm³/mol. The lowest BCUT2D eigenvalue weighted by Gasteiger charge is -2.15. The van der Waals surface area contributed by atoms with Crippen molar-refractivity contribution >= 4 is 44.6 Å². The molecule has 1 fully saturated rings. The molecule has 3 aromatic carbocycles. The van der Waals surface area contributed by atoms with Crippen LogP contribution in [-0.4, -0.2) is 58.4 Å². The van der Waals surface area contributed by atoms with Gasteiger partial charge in [0.25, 0.3) is 5.91 Å². The maximum atomic E-state index is 12.7. The molecule has 0 radical (unpaired) electrons. The van der Waals surface area contributed by atoms with Crippen LogP contribution in [0.5, 0.6) is 0 Å². The van der Waals surface area contributed by atoms with Gasteiger partial charge in [-0.15, -0.1) is 5.11 Å². The minimum atomic E-state index is -3.54. The zero-order valence-corrected chi connectivity index (χ0v) is 22.0. The molecule has 0 bridgehead atoms. The molecule has 1 saturated heterocycles. The topological polar surface area (TPSA) is 121 Å². The molecule has 4 rings (SSSR count). The Bertz CT molecular complexity index is 1410. The van der Waals surface area contributed by atoms with Crippen LogP contribution < -0.4 is 10.2 Å². The van der Waals surface area contributed by atoms with Crippen molar-refractivity contribution in [2.45, 2.75) is 17.7 Å². The number of sulfonamides is 1. The second-order valence-corrected chi connectivity index (χ2v) is 10.8. The lowest BCUT2D eigenvalue weighted by Crippen LogP contribution is -2.27. The third kappa shape index (κ3) is 6.61. The number of hydrogen-bond donors (Lipinski definition) is 1. The zero-order valence-electron chi connectivity index (χ0n) is 21.2. The molecule has 3 aromatic rings. The summed E-state index contributed by atoms with van der Waals surface area (Å²) in [5, 5.41) is 11.0. The Morgan fingerprint density at radius 2 is 1.58 bits per heavy atom. The van der Waals surface area contributed by atoms with Crippen LogP contribution in [-0.2, 0) is 19.6 Å². The lowest BCUT2D eigenvalue weighted by atomic mass is 10.2. The Morgan fingerprint density at radius 3 is 2.24 bits per heavy atom. The minimum absolute atomic E-state index is 0.170. The molecule has 38 heavy (non-hydrogen) atoms. The summed E-state index contributed by atoms with van der Waals surface area (Å²) in [6.45, 7) is 0.505. The second kappa shape index (κ2) is 12.0. The number of ether oxygens (including phenoxy) is 1. The van der Waals surface area contributed by atoms with E-state index in [1.807, 2.05) is 43.3 Å². The highest BCUT2D eigenvalue weighted by Crippen LogP contribution is 2.25. The SMILES string of the molecule is CN(C)c1ccc(N=Nc2ccccc2C(=O)OCC(=O)Nc2ccc(S(=O)(=O)N3CCCC3)cc2)cc1. The molecule has 198 valence electrons. The van der Waals surface area contributed by atoms with Gasteiger partial charge in [0.2, 0.25) is 10.0 Å². The number of carbonyl (C=O) groups is 2. The van der Waals surface area contributed by atoms with E-state index in [0.717, 1.165) is 18.5 Å².